The maximum atomic E-state index is 9.13. The topological polar surface area (TPSA) is 46.9 Å². The van der Waals surface area contributed by atoms with Gasteiger partial charge in [-0.3, -0.25) is 0 Å². The summed E-state index contributed by atoms with van der Waals surface area (Å²) in [4.78, 5) is 0. The SMILES string of the molecule is CCC(C(C)N(C)O)N(C)O. The molecule has 4 nitrogen and oxygen atoms in total. The van der Waals surface area contributed by atoms with Gasteiger partial charge in [-0.25, -0.2) is 0 Å². The second-order valence-electron chi connectivity index (χ2n) is 2.86. The van der Waals surface area contributed by atoms with Crippen LogP contribution in [0.1, 0.15) is 20.3 Å². The molecule has 0 fully saturated rings. The van der Waals surface area contributed by atoms with Gasteiger partial charge in [0.25, 0.3) is 0 Å². The molecule has 0 heterocycles. The summed E-state index contributed by atoms with van der Waals surface area (Å²) in [6.07, 6.45) is 0.805. The normalized spacial score (nSPS) is 17.5. The van der Waals surface area contributed by atoms with Crippen LogP contribution in [0.3, 0.4) is 0 Å². The first-order valence-electron chi connectivity index (χ1n) is 3.84. The van der Waals surface area contributed by atoms with E-state index >= 15 is 0 Å². The number of hydrogen-bond acceptors (Lipinski definition) is 4. The zero-order chi connectivity index (χ0) is 9.02. The summed E-state index contributed by atoms with van der Waals surface area (Å²) in [6, 6.07) is -0.0833. The van der Waals surface area contributed by atoms with E-state index in [1.54, 1.807) is 14.1 Å². The Bertz CT molecular complexity index is 107. The highest BCUT2D eigenvalue weighted by Crippen LogP contribution is 2.08. The van der Waals surface area contributed by atoms with Gasteiger partial charge in [-0.1, -0.05) is 6.92 Å². The van der Waals surface area contributed by atoms with E-state index in [-0.39, 0.29) is 12.1 Å². The lowest BCUT2D eigenvalue weighted by Crippen LogP contribution is -2.45. The Morgan fingerprint density at radius 2 is 1.64 bits per heavy atom. The molecule has 2 unspecified atom stereocenters. The molecule has 0 aromatic heterocycles. The number of likely N-dealkylation sites (N-methyl/N-ethyl adjacent to an activating group) is 2. The molecule has 0 spiro atoms. The second-order valence-corrected chi connectivity index (χ2v) is 2.86. The Morgan fingerprint density at radius 3 is 1.73 bits per heavy atom. The van der Waals surface area contributed by atoms with E-state index < -0.39 is 0 Å². The van der Waals surface area contributed by atoms with E-state index in [1.165, 1.54) is 0 Å². The molecule has 68 valence electrons. The van der Waals surface area contributed by atoms with Crippen LogP contribution in [-0.4, -0.2) is 46.7 Å². The number of hydrogen-bond donors (Lipinski definition) is 2. The molecular weight excluding hydrogens is 144 g/mol. The minimum Gasteiger partial charge on any atom is -0.314 e. The zero-order valence-corrected chi connectivity index (χ0v) is 7.65. The third kappa shape index (κ3) is 3.16. The minimum absolute atomic E-state index is 0.0231. The number of nitrogens with zero attached hydrogens (tertiary/aromatic N) is 2. The predicted octanol–water partition coefficient (Wildman–Crippen LogP) is 0.796. The summed E-state index contributed by atoms with van der Waals surface area (Å²) < 4.78 is 0. The Hall–Kier alpha value is -0.160. The van der Waals surface area contributed by atoms with Crippen molar-refractivity contribution in [1.29, 1.82) is 0 Å². The average Bonchev–Trinajstić information content (AvgIpc) is 1.88. The predicted molar refractivity (Wildman–Crippen MR) is 42.6 cm³/mol. The lowest BCUT2D eigenvalue weighted by atomic mass is 10.1. The maximum Gasteiger partial charge on any atom is 0.0520 e. The zero-order valence-electron chi connectivity index (χ0n) is 7.65. The summed E-state index contributed by atoms with van der Waals surface area (Å²) >= 11 is 0. The van der Waals surface area contributed by atoms with Gasteiger partial charge in [-0.2, -0.15) is 10.1 Å². The molecular formula is C7H18N2O2. The maximum absolute atomic E-state index is 9.13. The van der Waals surface area contributed by atoms with Crippen molar-refractivity contribution in [2.24, 2.45) is 0 Å². The van der Waals surface area contributed by atoms with Crippen LogP contribution < -0.4 is 0 Å². The number of rotatable bonds is 4. The van der Waals surface area contributed by atoms with Crippen molar-refractivity contribution in [3.05, 3.63) is 0 Å². The molecule has 0 amide bonds. The fraction of sp³-hybridized carbons (Fsp3) is 1.00. The van der Waals surface area contributed by atoms with Crippen LogP contribution >= 0.6 is 0 Å². The van der Waals surface area contributed by atoms with Crippen LogP contribution in [0.25, 0.3) is 0 Å². The average molecular weight is 162 g/mol. The Labute approximate surface area is 67.9 Å². The van der Waals surface area contributed by atoms with Crippen LogP contribution in [0.4, 0.5) is 0 Å². The van der Waals surface area contributed by atoms with Gasteiger partial charge in [0.2, 0.25) is 0 Å². The molecule has 0 aliphatic rings. The van der Waals surface area contributed by atoms with Crippen molar-refractivity contribution in [3.8, 4) is 0 Å². The van der Waals surface area contributed by atoms with Gasteiger partial charge in [0.05, 0.1) is 6.04 Å². The molecule has 11 heavy (non-hydrogen) atoms. The van der Waals surface area contributed by atoms with Gasteiger partial charge in [-0.05, 0) is 13.3 Å². The van der Waals surface area contributed by atoms with Crippen molar-refractivity contribution < 1.29 is 10.4 Å². The van der Waals surface area contributed by atoms with Gasteiger partial charge in [-0.15, -0.1) is 0 Å². The molecule has 0 saturated carbocycles. The van der Waals surface area contributed by atoms with E-state index in [9.17, 15) is 0 Å². The molecule has 0 radical (unpaired) electrons. The molecule has 2 N–H and O–H groups in total. The molecule has 0 saturated heterocycles. The first-order chi connectivity index (χ1) is 5.00. The molecule has 0 aromatic carbocycles. The lowest BCUT2D eigenvalue weighted by molar-refractivity contribution is -0.172. The summed E-state index contributed by atoms with van der Waals surface area (Å²) in [6.45, 7) is 3.83. The van der Waals surface area contributed by atoms with Gasteiger partial charge < -0.3 is 10.4 Å². The third-order valence-electron chi connectivity index (χ3n) is 2.04. The van der Waals surface area contributed by atoms with Gasteiger partial charge in [0, 0.05) is 20.1 Å². The molecule has 0 aliphatic heterocycles. The Kier molecular flexibility index (Phi) is 4.60. The fourth-order valence-electron chi connectivity index (χ4n) is 1.17. The first kappa shape index (κ1) is 10.8. The smallest absolute Gasteiger partial charge is 0.0520 e. The van der Waals surface area contributed by atoms with E-state index in [1.807, 2.05) is 13.8 Å². The summed E-state index contributed by atoms with van der Waals surface area (Å²) in [5, 5.41) is 20.4. The molecule has 0 aromatic rings. The summed E-state index contributed by atoms with van der Waals surface area (Å²) in [5.41, 5.74) is 0. The van der Waals surface area contributed by atoms with Gasteiger partial charge >= 0.3 is 0 Å². The Morgan fingerprint density at radius 1 is 1.18 bits per heavy atom. The minimum atomic E-state index is -0.0602. The quantitative estimate of drug-likeness (QED) is 0.600. The van der Waals surface area contributed by atoms with Crippen molar-refractivity contribution in [2.45, 2.75) is 32.4 Å². The van der Waals surface area contributed by atoms with E-state index in [4.69, 9.17) is 10.4 Å². The van der Waals surface area contributed by atoms with E-state index in [0.29, 0.717) is 0 Å². The summed E-state index contributed by atoms with van der Waals surface area (Å²) in [5.74, 6) is 0. The van der Waals surface area contributed by atoms with Crippen molar-refractivity contribution in [3.63, 3.8) is 0 Å². The van der Waals surface area contributed by atoms with Gasteiger partial charge in [0.1, 0.15) is 0 Å². The van der Waals surface area contributed by atoms with E-state index in [2.05, 4.69) is 0 Å². The van der Waals surface area contributed by atoms with Crippen molar-refractivity contribution >= 4 is 0 Å². The third-order valence-corrected chi connectivity index (χ3v) is 2.04. The molecule has 2 atom stereocenters. The molecule has 0 bridgehead atoms. The number of hydroxylamine groups is 4. The van der Waals surface area contributed by atoms with Crippen LogP contribution in [-0.2, 0) is 0 Å². The fourth-order valence-corrected chi connectivity index (χ4v) is 1.17. The van der Waals surface area contributed by atoms with Crippen molar-refractivity contribution in [2.75, 3.05) is 14.1 Å². The second kappa shape index (κ2) is 4.66. The largest absolute Gasteiger partial charge is 0.314 e. The highest BCUT2D eigenvalue weighted by atomic mass is 16.5. The monoisotopic (exact) mass is 162 g/mol. The van der Waals surface area contributed by atoms with Crippen LogP contribution in [0, 0.1) is 0 Å². The van der Waals surface area contributed by atoms with Gasteiger partial charge in [0.15, 0.2) is 0 Å². The van der Waals surface area contributed by atoms with Crippen LogP contribution in [0.5, 0.6) is 0 Å². The highest BCUT2D eigenvalue weighted by Gasteiger charge is 2.21. The molecule has 0 aliphatic carbocycles. The molecule has 0 rings (SSSR count). The molecule has 4 heteroatoms. The Balaban J connectivity index is 4.02. The van der Waals surface area contributed by atoms with Crippen molar-refractivity contribution in [1.82, 2.24) is 10.1 Å². The highest BCUT2D eigenvalue weighted by molar-refractivity contribution is 4.72. The van der Waals surface area contributed by atoms with Crippen LogP contribution in [0.15, 0.2) is 0 Å². The first-order valence-corrected chi connectivity index (χ1v) is 3.84. The van der Waals surface area contributed by atoms with Crippen LogP contribution in [0.2, 0.25) is 0 Å². The lowest BCUT2D eigenvalue weighted by Gasteiger charge is -2.30. The van der Waals surface area contributed by atoms with E-state index in [0.717, 1.165) is 16.5 Å². The standard InChI is InChI=1S/C7H18N2O2/c1-5-7(9(4)11)6(2)8(3)10/h6-7,10-11H,5H2,1-4H3. The summed E-state index contributed by atoms with van der Waals surface area (Å²) in [7, 11) is 3.17.